The summed E-state index contributed by atoms with van der Waals surface area (Å²) in [5, 5.41) is 3.80. The number of nitrogens with one attached hydrogen (secondary N) is 1. The van der Waals surface area contributed by atoms with Crippen LogP contribution in [0.5, 0.6) is 0 Å². The molecule has 0 spiro atoms. The quantitative estimate of drug-likeness (QED) is 0.823. The lowest BCUT2D eigenvalue weighted by Crippen LogP contribution is -2.41. The molecule has 0 atom stereocenters. The van der Waals surface area contributed by atoms with Crippen LogP contribution in [-0.2, 0) is 0 Å². The van der Waals surface area contributed by atoms with E-state index in [1.165, 1.54) is 5.56 Å². The molecule has 1 N–H and O–H groups in total. The first-order valence-corrected chi connectivity index (χ1v) is 6.16. The molecule has 0 saturated carbocycles. The van der Waals surface area contributed by atoms with E-state index in [9.17, 15) is 0 Å². The Morgan fingerprint density at radius 2 is 1.76 bits per heavy atom. The minimum atomic E-state index is 0.760. The molecule has 1 aromatic rings. The second kappa shape index (κ2) is 6.57. The van der Waals surface area contributed by atoms with E-state index in [0.29, 0.717) is 0 Å². The van der Waals surface area contributed by atoms with E-state index < -0.39 is 0 Å². The summed E-state index contributed by atoms with van der Waals surface area (Å²) in [6.45, 7) is 3.94. The molecule has 0 aliphatic heterocycles. The van der Waals surface area contributed by atoms with Crippen molar-refractivity contribution in [3.63, 3.8) is 0 Å². The van der Waals surface area contributed by atoms with E-state index in [2.05, 4.69) is 60.4 Å². The third-order valence-electron chi connectivity index (χ3n) is 2.58. The molecule has 3 nitrogen and oxygen atoms in total. The van der Waals surface area contributed by atoms with Gasteiger partial charge in [0, 0.05) is 25.8 Å². The third kappa shape index (κ3) is 4.32. The van der Waals surface area contributed by atoms with Crippen LogP contribution in [0.25, 0.3) is 0 Å². The van der Waals surface area contributed by atoms with Gasteiger partial charge in [0.25, 0.3) is 0 Å². The normalized spacial score (nSPS) is 10.4. The van der Waals surface area contributed by atoms with Crippen LogP contribution in [0.3, 0.4) is 0 Å². The van der Waals surface area contributed by atoms with Gasteiger partial charge in [0.15, 0.2) is 5.11 Å². The Hall–Kier alpha value is -1.13. The number of aryl methyl sites for hydroxylation is 1. The highest BCUT2D eigenvalue weighted by Crippen LogP contribution is 2.15. The molecule has 0 radical (unpaired) electrons. The van der Waals surface area contributed by atoms with Crippen molar-refractivity contribution < 1.29 is 0 Å². The van der Waals surface area contributed by atoms with Crippen LogP contribution in [0.2, 0.25) is 0 Å². The van der Waals surface area contributed by atoms with Crippen molar-refractivity contribution in [3.8, 4) is 0 Å². The van der Waals surface area contributed by atoms with Gasteiger partial charge >= 0.3 is 0 Å². The second-order valence-electron chi connectivity index (χ2n) is 4.35. The zero-order valence-corrected chi connectivity index (χ0v) is 11.8. The standard InChI is InChI=1S/C13H21N3S/c1-11-5-7-12(8-6-11)16(13(17)14-2)10-9-15(3)4/h5-8H,9-10H2,1-4H3,(H,14,17). The van der Waals surface area contributed by atoms with Crippen LogP contribution in [0.4, 0.5) is 5.69 Å². The summed E-state index contributed by atoms with van der Waals surface area (Å²) in [6, 6.07) is 8.43. The SMILES string of the molecule is CNC(=S)N(CCN(C)C)c1ccc(C)cc1. The average Bonchev–Trinajstić information content (AvgIpc) is 2.30. The Labute approximate surface area is 109 Å². The van der Waals surface area contributed by atoms with Gasteiger partial charge < -0.3 is 15.1 Å². The molecule has 0 amide bonds. The summed E-state index contributed by atoms with van der Waals surface area (Å²) in [5.41, 5.74) is 2.40. The van der Waals surface area contributed by atoms with Crippen LogP contribution in [0.15, 0.2) is 24.3 Å². The Morgan fingerprint density at radius 1 is 1.18 bits per heavy atom. The van der Waals surface area contributed by atoms with Crippen molar-refractivity contribution in [2.24, 2.45) is 0 Å². The summed E-state index contributed by atoms with van der Waals surface area (Å²) in [5.74, 6) is 0. The molecular formula is C13H21N3S. The van der Waals surface area contributed by atoms with Gasteiger partial charge in [0.05, 0.1) is 0 Å². The third-order valence-corrected chi connectivity index (χ3v) is 3.00. The van der Waals surface area contributed by atoms with E-state index in [0.717, 1.165) is 23.9 Å². The molecule has 0 aliphatic carbocycles. The molecule has 0 bridgehead atoms. The highest BCUT2D eigenvalue weighted by Gasteiger charge is 2.10. The summed E-state index contributed by atoms with van der Waals surface area (Å²) in [7, 11) is 5.99. The molecule has 17 heavy (non-hydrogen) atoms. The van der Waals surface area contributed by atoms with Crippen molar-refractivity contribution >= 4 is 23.0 Å². The summed E-state index contributed by atoms with van der Waals surface area (Å²) < 4.78 is 0. The van der Waals surface area contributed by atoms with Gasteiger partial charge in [-0.3, -0.25) is 0 Å². The molecule has 94 valence electrons. The Bertz CT molecular complexity index is 359. The highest BCUT2D eigenvalue weighted by molar-refractivity contribution is 7.80. The zero-order valence-electron chi connectivity index (χ0n) is 11.0. The van der Waals surface area contributed by atoms with E-state index in [-0.39, 0.29) is 0 Å². The van der Waals surface area contributed by atoms with Gasteiger partial charge in [0.2, 0.25) is 0 Å². The minimum Gasteiger partial charge on any atom is -0.365 e. The summed E-state index contributed by atoms with van der Waals surface area (Å²) in [4.78, 5) is 4.27. The van der Waals surface area contributed by atoms with Gasteiger partial charge in [-0.05, 0) is 45.4 Å². The molecule has 1 aromatic carbocycles. The van der Waals surface area contributed by atoms with Gasteiger partial charge in [0.1, 0.15) is 0 Å². The van der Waals surface area contributed by atoms with Crippen LogP contribution in [-0.4, -0.2) is 44.2 Å². The number of hydrogen-bond donors (Lipinski definition) is 1. The predicted molar refractivity (Wildman–Crippen MR) is 78.7 cm³/mol. The van der Waals surface area contributed by atoms with Gasteiger partial charge in [-0.1, -0.05) is 17.7 Å². The van der Waals surface area contributed by atoms with Gasteiger partial charge in [-0.25, -0.2) is 0 Å². The van der Waals surface area contributed by atoms with E-state index in [1.54, 1.807) is 0 Å². The number of anilines is 1. The monoisotopic (exact) mass is 251 g/mol. The van der Waals surface area contributed by atoms with E-state index in [1.807, 2.05) is 7.05 Å². The van der Waals surface area contributed by atoms with E-state index in [4.69, 9.17) is 12.2 Å². The Balaban J connectivity index is 2.82. The lowest BCUT2D eigenvalue weighted by atomic mass is 10.2. The largest absolute Gasteiger partial charge is 0.365 e. The van der Waals surface area contributed by atoms with Gasteiger partial charge in [-0.2, -0.15) is 0 Å². The molecule has 0 heterocycles. The summed E-state index contributed by atoms with van der Waals surface area (Å²) in [6.07, 6.45) is 0. The van der Waals surface area contributed by atoms with Crippen LogP contribution in [0, 0.1) is 6.92 Å². The van der Waals surface area contributed by atoms with Crippen LogP contribution < -0.4 is 10.2 Å². The van der Waals surface area contributed by atoms with Crippen molar-refractivity contribution in [1.29, 1.82) is 0 Å². The Kier molecular flexibility index (Phi) is 5.38. The molecule has 0 aliphatic rings. The maximum absolute atomic E-state index is 5.34. The number of likely N-dealkylation sites (N-methyl/N-ethyl adjacent to an activating group) is 1. The molecule has 4 heteroatoms. The molecule has 0 unspecified atom stereocenters. The Morgan fingerprint density at radius 3 is 2.24 bits per heavy atom. The molecule has 1 rings (SSSR count). The number of benzene rings is 1. The zero-order chi connectivity index (χ0) is 12.8. The lowest BCUT2D eigenvalue weighted by molar-refractivity contribution is 0.419. The molecular weight excluding hydrogens is 230 g/mol. The highest BCUT2D eigenvalue weighted by atomic mass is 32.1. The maximum Gasteiger partial charge on any atom is 0.173 e. The smallest absolute Gasteiger partial charge is 0.173 e. The number of hydrogen-bond acceptors (Lipinski definition) is 2. The molecule has 0 fully saturated rings. The first-order valence-electron chi connectivity index (χ1n) is 5.75. The molecule has 0 aromatic heterocycles. The average molecular weight is 251 g/mol. The second-order valence-corrected chi connectivity index (χ2v) is 4.73. The van der Waals surface area contributed by atoms with Crippen molar-refractivity contribution in [3.05, 3.63) is 29.8 Å². The minimum absolute atomic E-state index is 0.760. The van der Waals surface area contributed by atoms with Gasteiger partial charge in [-0.15, -0.1) is 0 Å². The fourth-order valence-electron chi connectivity index (χ4n) is 1.51. The summed E-state index contributed by atoms with van der Waals surface area (Å²) >= 11 is 5.34. The molecule has 0 saturated heterocycles. The first kappa shape index (κ1) is 13.9. The number of rotatable bonds is 4. The fourth-order valence-corrected chi connectivity index (χ4v) is 1.70. The number of thiocarbonyl (C=S) groups is 1. The maximum atomic E-state index is 5.34. The van der Waals surface area contributed by atoms with E-state index >= 15 is 0 Å². The lowest BCUT2D eigenvalue weighted by Gasteiger charge is -2.26. The fraction of sp³-hybridized carbons (Fsp3) is 0.462. The van der Waals surface area contributed by atoms with Crippen molar-refractivity contribution in [1.82, 2.24) is 10.2 Å². The van der Waals surface area contributed by atoms with Crippen LogP contribution >= 0.6 is 12.2 Å². The number of nitrogens with zero attached hydrogens (tertiary/aromatic N) is 2. The topological polar surface area (TPSA) is 18.5 Å². The predicted octanol–water partition coefficient (Wildman–Crippen LogP) is 1.87. The van der Waals surface area contributed by atoms with Crippen LogP contribution in [0.1, 0.15) is 5.56 Å². The first-order chi connectivity index (χ1) is 8.04. The van der Waals surface area contributed by atoms with Crippen molar-refractivity contribution in [2.75, 3.05) is 39.1 Å². The van der Waals surface area contributed by atoms with Crippen molar-refractivity contribution in [2.45, 2.75) is 6.92 Å².